The quantitative estimate of drug-likeness (QED) is 0.727. The molecule has 0 unspecified atom stereocenters. The maximum absolute atomic E-state index is 12.6. The van der Waals surface area contributed by atoms with E-state index in [0.717, 1.165) is 15.8 Å². The second-order valence-corrected chi connectivity index (χ2v) is 6.58. The van der Waals surface area contributed by atoms with Gasteiger partial charge in [-0.25, -0.2) is 4.79 Å². The minimum Gasteiger partial charge on any atom is -0.314 e. The SMILES string of the molecule is Cc1cccc(N(C)C(=O)Cn2c(=O)n(C)c(=O)c3sccc32)c1. The highest BCUT2D eigenvalue weighted by Crippen LogP contribution is 2.17. The zero-order valence-corrected chi connectivity index (χ0v) is 14.5. The number of rotatable bonds is 3. The van der Waals surface area contributed by atoms with E-state index in [-0.39, 0.29) is 18.0 Å². The number of hydrogen-bond donors (Lipinski definition) is 0. The van der Waals surface area contributed by atoms with Crippen molar-refractivity contribution in [2.24, 2.45) is 7.05 Å². The van der Waals surface area contributed by atoms with Gasteiger partial charge in [0.2, 0.25) is 5.91 Å². The lowest BCUT2D eigenvalue weighted by molar-refractivity contribution is -0.118. The van der Waals surface area contributed by atoms with Gasteiger partial charge in [0.25, 0.3) is 5.56 Å². The Morgan fingerprint density at radius 3 is 2.71 bits per heavy atom. The first kappa shape index (κ1) is 16.2. The Morgan fingerprint density at radius 1 is 1.25 bits per heavy atom. The molecule has 0 aliphatic heterocycles. The first-order valence-corrected chi connectivity index (χ1v) is 8.28. The number of nitrogens with zero attached hydrogens (tertiary/aromatic N) is 3. The smallest absolute Gasteiger partial charge is 0.314 e. The molecular weight excluding hydrogens is 326 g/mol. The molecule has 24 heavy (non-hydrogen) atoms. The van der Waals surface area contributed by atoms with Crippen LogP contribution in [0.4, 0.5) is 5.69 Å². The van der Waals surface area contributed by atoms with Crippen molar-refractivity contribution in [3.8, 4) is 0 Å². The van der Waals surface area contributed by atoms with Crippen LogP contribution in [0.25, 0.3) is 10.2 Å². The number of likely N-dealkylation sites (N-methyl/N-ethyl adjacent to an activating group) is 1. The molecule has 0 N–H and O–H groups in total. The topological polar surface area (TPSA) is 64.3 Å². The van der Waals surface area contributed by atoms with Crippen molar-refractivity contribution >= 4 is 33.1 Å². The van der Waals surface area contributed by atoms with Gasteiger partial charge < -0.3 is 4.90 Å². The van der Waals surface area contributed by atoms with E-state index < -0.39 is 5.69 Å². The van der Waals surface area contributed by atoms with Crippen LogP contribution in [0.1, 0.15) is 5.56 Å². The third kappa shape index (κ3) is 2.67. The van der Waals surface area contributed by atoms with Crippen molar-refractivity contribution in [2.75, 3.05) is 11.9 Å². The van der Waals surface area contributed by atoms with Crippen LogP contribution in [0.5, 0.6) is 0 Å². The maximum atomic E-state index is 12.6. The zero-order valence-electron chi connectivity index (χ0n) is 13.6. The highest BCUT2D eigenvalue weighted by Gasteiger charge is 2.17. The third-order valence-electron chi connectivity index (χ3n) is 4.01. The lowest BCUT2D eigenvalue weighted by Gasteiger charge is -2.19. The summed E-state index contributed by atoms with van der Waals surface area (Å²) in [6.45, 7) is 1.83. The number of benzene rings is 1. The van der Waals surface area contributed by atoms with Crippen molar-refractivity contribution in [1.82, 2.24) is 9.13 Å². The second kappa shape index (κ2) is 6.09. The van der Waals surface area contributed by atoms with Crippen LogP contribution < -0.4 is 16.1 Å². The van der Waals surface area contributed by atoms with Gasteiger partial charge in [0.05, 0.1) is 5.52 Å². The minimum absolute atomic E-state index is 0.120. The summed E-state index contributed by atoms with van der Waals surface area (Å²) in [6.07, 6.45) is 0. The summed E-state index contributed by atoms with van der Waals surface area (Å²) in [4.78, 5) is 38.7. The van der Waals surface area contributed by atoms with E-state index in [1.165, 1.54) is 27.9 Å². The fraction of sp³-hybridized carbons (Fsp3) is 0.235. The predicted octanol–water partition coefficient (Wildman–Crippen LogP) is 1.73. The molecule has 0 atom stereocenters. The number of aromatic nitrogens is 2. The van der Waals surface area contributed by atoms with Gasteiger partial charge >= 0.3 is 5.69 Å². The van der Waals surface area contributed by atoms with Crippen molar-refractivity contribution in [3.63, 3.8) is 0 Å². The highest BCUT2D eigenvalue weighted by molar-refractivity contribution is 7.17. The Labute approximate surface area is 142 Å². The summed E-state index contributed by atoms with van der Waals surface area (Å²) in [5.74, 6) is -0.228. The molecule has 0 aliphatic rings. The Kier molecular flexibility index (Phi) is 4.11. The summed E-state index contributed by atoms with van der Waals surface area (Å²) in [6, 6.07) is 9.27. The van der Waals surface area contributed by atoms with E-state index in [1.807, 2.05) is 31.2 Å². The number of anilines is 1. The van der Waals surface area contributed by atoms with Gasteiger partial charge in [0.1, 0.15) is 11.2 Å². The molecule has 2 aromatic heterocycles. The number of thiophene rings is 1. The fourth-order valence-electron chi connectivity index (χ4n) is 2.57. The van der Waals surface area contributed by atoms with Crippen LogP contribution in [0.3, 0.4) is 0 Å². The molecule has 3 aromatic rings. The summed E-state index contributed by atoms with van der Waals surface area (Å²) in [5, 5.41) is 1.75. The standard InChI is InChI=1S/C17H17N3O3S/c1-11-5-4-6-12(9-11)18(2)14(21)10-20-13-7-8-24-15(13)16(22)19(3)17(20)23/h4-9H,10H2,1-3H3. The Balaban J connectivity index is 2.01. The molecule has 3 rings (SSSR count). The Hall–Kier alpha value is -2.67. The van der Waals surface area contributed by atoms with Crippen LogP contribution in [0.15, 0.2) is 45.3 Å². The number of amides is 1. The molecule has 2 heterocycles. The first-order chi connectivity index (χ1) is 11.4. The molecular formula is C17H17N3O3S. The van der Waals surface area contributed by atoms with E-state index in [9.17, 15) is 14.4 Å². The van der Waals surface area contributed by atoms with Gasteiger partial charge in [-0.2, -0.15) is 0 Å². The van der Waals surface area contributed by atoms with Crippen LogP contribution in [-0.4, -0.2) is 22.1 Å². The number of carbonyl (C=O) groups is 1. The third-order valence-corrected chi connectivity index (χ3v) is 4.90. The van der Waals surface area contributed by atoms with Crippen LogP contribution in [0, 0.1) is 6.92 Å². The van der Waals surface area contributed by atoms with Gasteiger partial charge in [0.15, 0.2) is 0 Å². The normalized spacial score (nSPS) is 11.0. The summed E-state index contributed by atoms with van der Waals surface area (Å²) in [7, 11) is 3.10. The largest absolute Gasteiger partial charge is 0.331 e. The van der Waals surface area contributed by atoms with Crippen molar-refractivity contribution < 1.29 is 4.79 Å². The van der Waals surface area contributed by atoms with Crippen molar-refractivity contribution in [2.45, 2.75) is 13.5 Å². The first-order valence-electron chi connectivity index (χ1n) is 7.40. The minimum atomic E-state index is -0.489. The molecule has 1 aromatic carbocycles. The average Bonchev–Trinajstić information content (AvgIpc) is 3.05. The van der Waals surface area contributed by atoms with Crippen molar-refractivity contribution in [3.05, 3.63) is 62.1 Å². The molecule has 7 heteroatoms. The maximum Gasteiger partial charge on any atom is 0.331 e. The Morgan fingerprint density at radius 2 is 2.00 bits per heavy atom. The average molecular weight is 343 g/mol. The van der Waals surface area contributed by atoms with Gasteiger partial charge in [-0.1, -0.05) is 12.1 Å². The molecule has 6 nitrogen and oxygen atoms in total. The van der Waals surface area contributed by atoms with E-state index in [4.69, 9.17) is 0 Å². The molecule has 124 valence electrons. The van der Waals surface area contributed by atoms with Crippen LogP contribution in [0.2, 0.25) is 0 Å². The summed E-state index contributed by atoms with van der Waals surface area (Å²) < 4.78 is 2.86. The second-order valence-electron chi connectivity index (χ2n) is 5.66. The van der Waals surface area contributed by atoms with E-state index in [1.54, 1.807) is 18.5 Å². The van der Waals surface area contributed by atoms with E-state index >= 15 is 0 Å². The molecule has 0 bridgehead atoms. The molecule has 0 aliphatic carbocycles. The number of aryl methyl sites for hydroxylation is 1. The van der Waals surface area contributed by atoms with Gasteiger partial charge in [-0.05, 0) is 36.1 Å². The molecule has 0 fully saturated rings. The van der Waals surface area contributed by atoms with E-state index in [2.05, 4.69) is 0 Å². The Bertz CT molecular complexity index is 1050. The summed E-state index contributed by atoms with van der Waals surface area (Å²) >= 11 is 1.27. The summed E-state index contributed by atoms with van der Waals surface area (Å²) in [5.41, 5.74) is 1.49. The molecule has 0 radical (unpaired) electrons. The zero-order chi connectivity index (χ0) is 17.4. The van der Waals surface area contributed by atoms with Gasteiger partial charge in [0, 0.05) is 19.8 Å². The lowest BCUT2D eigenvalue weighted by atomic mass is 10.2. The fourth-order valence-corrected chi connectivity index (χ4v) is 3.44. The highest BCUT2D eigenvalue weighted by atomic mass is 32.1. The van der Waals surface area contributed by atoms with Crippen LogP contribution in [-0.2, 0) is 18.4 Å². The molecule has 0 saturated heterocycles. The number of carbonyl (C=O) groups excluding carboxylic acids is 1. The molecule has 1 amide bonds. The number of fused-ring (bicyclic) bond motifs is 1. The van der Waals surface area contributed by atoms with Crippen LogP contribution >= 0.6 is 11.3 Å². The molecule has 0 spiro atoms. The monoisotopic (exact) mass is 343 g/mol. The molecule has 0 saturated carbocycles. The van der Waals surface area contributed by atoms with E-state index in [0.29, 0.717) is 10.2 Å². The predicted molar refractivity (Wildman–Crippen MR) is 95.9 cm³/mol. The van der Waals surface area contributed by atoms with Crippen molar-refractivity contribution in [1.29, 1.82) is 0 Å². The lowest BCUT2D eigenvalue weighted by Crippen LogP contribution is -2.41. The number of hydrogen-bond acceptors (Lipinski definition) is 4. The van der Waals surface area contributed by atoms with Gasteiger partial charge in [-0.3, -0.25) is 18.7 Å². The van der Waals surface area contributed by atoms with Gasteiger partial charge in [-0.15, -0.1) is 11.3 Å².